The van der Waals surface area contributed by atoms with E-state index < -0.39 is 0 Å². The van der Waals surface area contributed by atoms with Crippen LogP contribution in [0.3, 0.4) is 0 Å². The molecule has 0 spiro atoms. The molecule has 3 aromatic rings. The zero-order chi connectivity index (χ0) is 22.1. The van der Waals surface area contributed by atoms with Crippen molar-refractivity contribution in [2.75, 3.05) is 0 Å². The van der Waals surface area contributed by atoms with E-state index in [1.54, 1.807) is 6.20 Å². The fourth-order valence-corrected chi connectivity index (χ4v) is 3.74. The van der Waals surface area contributed by atoms with Crippen molar-refractivity contribution >= 4 is 71.8 Å². The molecule has 0 aliphatic heterocycles. The Hall–Kier alpha value is -1.52. The number of rotatable bonds is 4. The summed E-state index contributed by atoms with van der Waals surface area (Å²) in [5.41, 5.74) is 7.30. The van der Waals surface area contributed by atoms with E-state index in [0.717, 1.165) is 45.6 Å². The van der Waals surface area contributed by atoms with Crippen LogP contribution in [0.4, 0.5) is 11.4 Å². The molecule has 0 saturated heterocycles. The van der Waals surface area contributed by atoms with Gasteiger partial charge in [0, 0.05) is 42.1 Å². The first-order valence-corrected chi connectivity index (χ1v) is 10.3. The number of nitrogens with zero attached hydrogens (tertiary/aromatic N) is 3. The monoisotopic (exact) mass is 566 g/mol. The maximum Gasteiger partial charge on any atom is 0.0841 e. The minimum atomic E-state index is 0. The summed E-state index contributed by atoms with van der Waals surface area (Å²) in [6.45, 7) is 11.6. The van der Waals surface area contributed by atoms with E-state index >= 15 is 0 Å². The van der Waals surface area contributed by atoms with Crippen LogP contribution in [0.15, 0.2) is 58.8 Å². The molecular formula is C25H28Cl4FeN3-. The number of aromatic nitrogens is 1. The van der Waals surface area contributed by atoms with E-state index in [1.807, 2.05) is 70.4 Å². The number of aryl methyl sites for hydroxylation is 4. The van der Waals surface area contributed by atoms with Gasteiger partial charge in [-0.3, -0.25) is 15.0 Å². The van der Waals surface area contributed by atoms with Crippen LogP contribution in [-0.4, -0.2) is 17.4 Å². The van der Waals surface area contributed by atoms with Gasteiger partial charge in [-0.25, -0.2) is 0 Å². The second-order valence-corrected chi connectivity index (χ2v) is 7.83. The van der Waals surface area contributed by atoms with Gasteiger partial charge >= 0.3 is 0 Å². The van der Waals surface area contributed by atoms with E-state index in [0.29, 0.717) is 10.0 Å². The van der Waals surface area contributed by atoms with Gasteiger partial charge in [-0.15, -0.1) is 31.0 Å². The van der Waals surface area contributed by atoms with Crippen molar-refractivity contribution in [2.45, 2.75) is 34.1 Å². The molecule has 0 fully saturated rings. The van der Waals surface area contributed by atoms with Gasteiger partial charge in [0.15, 0.2) is 0 Å². The predicted octanol–water partition coefficient (Wildman–Crippen LogP) is 8.63. The van der Waals surface area contributed by atoms with Crippen molar-refractivity contribution in [1.82, 2.24) is 4.98 Å². The summed E-state index contributed by atoms with van der Waals surface area (Å²) in [6, 6.07) is 11.9. The maximum atomic E-state index is 6.19. The summed E-state index contributed by atoms with van der Waals surface area (Å²) in [5.74, 6) is 0. The van der Waals surface area contributed by atoms with Crippen LogP contribution >= 0.6 is 48.0 Å². The van der Waals surface area contributed by atoms with Crippen molar-refractivity contribution in [3.05, 3.63) is 93.6 Å². The zero-order valence-electron chi connectivity index (χ0n) is 19.0. The molecule has 0 aliphatic carbocycles. The van der Waals surface area contributed by atoms with Crippen LogP contribution < -0.4 is 0 Å². The van der Waals surface area contributed by atoms with Crippen LogP contribution in [0.5, 0.6) is 0 Å². The van der Waals surface area contributed by atoms with Gasteiger partial charge in [0.25, 0.3) is 0 Å². The summed E-state index contributed by atoms with van der Waals surface area (Å²) in [7, 11) is 0. The first-order valence-electron chi connectivity index (χ1n) is 9.58. The fourth-order valence-electron chi connectivity index (χ4n) is 3.00. The number of hydrogen-bond acceptors (Lipinski definition) is 3. The third-order valence-corrected chi connectivity index (χ3v) is 4.86. The predicted molar refractivity (Wildman–Crippen MR) is 146 cm³/mol. The van der Waals surface area contributed by atoms with Crippen LogP contribution in [0.2, 0.25) is 10.0 Å². The number of aliphatic imine (C=N–C) groups is 2. The van der Waals surface area contributed by atoms with Gasteiger partial charge in [-0.2, -0.15) is 0 Å². The molecule has 1 heterocycles. The summed E-state index contributed by atoms with van der Waals surface area (Å²) in [6.07, 6.45) is 7.75. The van der Waals surface area contributed by atoms with Gasteiger partial charge in [-0.05, 0) is 73.7 Å². The average molecular weight is 568 g/mol. The molecule has 0 bridgehead atoms. The fraction of sp³-hybridized carbons (Fsp3) is 0.200. The molecule has 180 valence electrons. The third-order valence-electron chi connectivity index (χ3n) is 4.29. The number of benzene rings is 2. The summed E-state index contributed by atoms with van der Waals surface area (Å²) in [5, 5.41) is 1.39. The standard InChI is InChI=1S/C15H15ClN2.C10H11ClN.2ClH.Fe/c1-11-8-12(2)15(14(16)9-11)18-7-5-13-4-3-6-17-10-13;1-4-12-10-8(3)5-7(2)6-9(10)11;;;/h3-4,6-10H,5H2,1-2H3;4-6H,1H2,2-3H3;2*1H;/q;-1;;;. The molecule has 0 atom stereocenters. The Morgan fingerprint density at radius 1 is 0.879 bits per heavy atom. The quantitative estimate of drug-likeness (QED) is 0.177. The minimum Gasteiger partial charge on any atom is -0.364 e. The molecule has 3 nitrogen and oxygen atoms in total. The minimum absolute atomic E-state index is 0. The Morgan fingerprint density at radius 3 is 1.82 bits per heavy atom. The van der Waals surface area contributed by atoms with E-state index in [9.17, 15) is 0 Å². The van der Waals surface area contributed by atoms with Gasteiger partial charge in [0.2, 0.25) is 0 Å². The molecule has 0 saturated carbocycles. The van der Waals surface area contributed by atoms with Crippen molar-refractivity contribution in [1.29, 1.82) is 0 Å². The number of halogens is 4. The van der Waals surface area contributed by atoms with Crippen molar-refractivity contribution in [3.8, 4) is 0 Å². The van der Waals surface area contributed by atoms with E-state index in [2.05, 4.69) is 28.0 Å². The Balaban J connectivity index is 0. The molecule has 0 amide bonds. The topological polar surface area (TPSA) is 37.6 Å². The second-order valence-electron chi connectivity index (χ2n) is 7.01. The summed E-state index contributed by atoms with van der Waals surface area (Å²) in [4.78, 5) is 12.6. The van der Waals surface area contributed by atoms with Crippen LogP contribution in [0.25, 0.3) is 0 Å². The van der Waals surface area contributed by atoms with Crippen LogP contribution in [0, 0.1) is 34.6 Å². The smallest absolute Gasteiger partial charge is 0.0841 e. The first kappa shape index (κ1) is 33.7. The Bertz CT molecular complexity index is 1010. The Morgan fingerprint density at radius 2 is 1.39 bits per heavy atom. The number of hydrogen-bond donors (Lipinski definition) is 0. The maximum absolute atomic E-state index is 6.19. The molecule has 0 aliphatic rings. The van der Waals surface area contributed by atoms with Crippen LogP contribution in [0.1, 0.15) is 27.8 Å². The molecule has 2 aromatic carbocycles. The Kier molecular flexibility index (Phi) is 17.3. The Labute approximate surface area is 230 Å². The van der Waals surface area contributed by atoms with E-state index in [4.69, 9.17) is 23.2 Å². The van der Waals surface area contributed by atoms with Crippen LogP contribution in [-0.2, 0) is 23.5 Å². The molecule has 0 radical (unpaired) electrons. The molecule has 8 heteroatoms. The van der Waals surface area contributed by atoms with Crippen molar-refractivity contribution < 1.29 is 17.1 Å². The normalized spacial score (nSPS) is 10.0. The molecule has 33 heavy (non-hydrogen) atoms. The second kappa shape index (κ2) is 17.0. The number of pyridine rings is 1. The summed E-state index contributed by atoms with van der Waals surface area (Å²) >= 11 is 12.2. The van der Waals surface area contributed by atoms with E-state index in [1.165, 1.54) is 6.21 Å². The molecule has 3 rings (SSSR count). The summed E-state index contributed by atoms with van der Waals surface area (Å²) < 4.78 is 0. The molecule has 0 unspecified atom stereocenters. The van der Waals surface area contributed by atoms with Gasteiger partial charge in [0.1, 0.15) is 0 Å². The molecule has 1 aromatic heterocycles. The average Bonchev–Trinajstić information content (AvgIpc) is 2.68. The largest absolute Gasteiger partial charge is 0.364 e. The molecular weight excluding hydrogens is 540 g/mol. The van der Waals surface area contributed by atoms with Gasteiger partial charge in [-0.1, -0.05) is 41.4 Å². The first-order chi connectivity index (χ1) is 14.3. The van der Waals surface area contributed by atoms with Gasteiger partial charge in [0.05, 0.1) is 21.4 Å². The van der Waals surface area contributed by atoms with E-state index in [-0.39, 0.29) is 41.9 Å². The zero-order valence-corrected chi connectivity index (χ0v) is 23.2. The SMILES string of the molecule is Cc1cc(C)c(N=CCc2cccnc2)c(Cl)c1.Cl.Cl.[CH2-]C=Nc1c(C)cc(C)cc1Cl.[Fe]. The third kappa shape index (κ3) is 11.0. The molecule has 0 N–H and O–H groups in total. The van der Waals surface area contributed by atoms with Crippen molar-refractivity contribution in [3.63, 3.8) is 0 Å². The van der Waals surface area contributed by atoms with Crippen molar-refractivity contribution in [2.24, 2.45) is 9.98 Å². The van der Waals surface area contributed by atoms with Gasteiger partial charge < -0.3 is 6.92 Å².